The van der Waals surface area contributed by atoms with Gasteiger partial charge in [0.2, 0.25) is 0 Å². The zero-order chi connectivity index (χ0) is 27.5. The molecule has 2 aliphatic carbocycles. The number of esters is 2. The molecule has 38 heavy (non-hydrogen) atoms. The lowest BCUT2D eigenvalue weighted by Crippen LogP contribution is -2.57. The maximum absolute atomic E-state index is 13.6. The molecule has 0 amide bonds. The van der Waals surface area contributed by atoms with Crippen LogP contribution < -0.4 is 0 Å². The Balaban J connectivity index is 1.58. The van der Waals surface area contributed by atoms with Crippen molar-refractivity contribution in [2.75, 3.05) is 0 Å². The van der Waals surface area contributed by atoms with E-state index < -0.39 is 71.6 Å². The number of H-pyrrole nitrogens is 1. The van der Waals surface area contributed by atoms with Crippen molar-refractivity contribution in [1.82, 2.24) is 4.98 Å². The molecule has 3 N–H and O–H groups in total. The number of rotatable bonds is 5. The first-order chi connectivity index (χ1) is 18.0. The highest BCUT2D eigenvalue weighted by atomic mass is 19.1. The summed E-state index contributed by atoms with van der Waals surface area (Å²) < 4.78 is 32.2. The third-order valence-electron chi connectivity index (χ3n) is 9.39. The average Bonchev–Trinajstić information content (AvgIpc) is 3.41. The lowest BCUT2D eigenvalue weighted by molar-refractivity contribution is -0.168. The highest BCUT2D eigenvalue weighted by molar-refractivity contribution is 5.87. The number of carbonyl (C=O) groups excluding carboxylic acids is 2. The van der Waals surface area contributed by atoms with E-state index in [-0.39, 0.29) is 23.4 Å². The fourth-order valence-corrected chi connectivity index (χ4v) is 7.46. The molecule has 1 spiro atoms. The van der Waals surface area contributed by atoms with Crippen LogP contribution >= 0.6 is 0 Å². The number of aliphatic hydroxyl groups excluding tert-OH is 2. The number of ether oxygens (including phenoxy) is 3. The molecule has 4 bridgehead atoms. The topological polar surface area (TPSA) is 118 Å². The summed E-state index contributed by atoms with van der Waals surface area (Å²) in [5.74, 6) is -4.03. The van der Waals surface area contributed by atoms with E-state index in [1.54, 1.807) is 0 Å². The van der Waals surface area contributed by atoms with Crippen molar-refractivity contribution in [1.29, 1.82) is 0 Å². The molecule has 1 aromatic heterocycles. The highest BCUT2D eigenvalue weighted by Gasteiger charge is 2.70. The van der Waals surface area contributed by atoms with E-state index in [1.807, 2.05) is 52.8 Å². The number of carbonyl (C=O) groups is 2. The minimum absolute atomic E-state index is 0.0134. The van der Waals surface area contributed by atoms with Crippen molar-refractivity contribution < 1.29 is 38.4 Å². The van der Waals surface area contributed by atoms with Crippen LogP contribution in [0.15, 0.2) is 36.1 Å². The van der Waals surface area contributed by atoms with Gasteiger partial charge in [0.05, 0.1) is 18.1 Å². The summed E-state index contributed by atoms with van der Waals surface area (Å²) in [7, 11) is 0. The van der Waals surface area contributed by atoms with E-state index in [0.29, 0.717) is 12.8 Å². The SMILES string of the molecule is CC[C@@H](O)[C@H]1OC(=O)[C@H](CC)[C@H]2C=C[C@H]3[C@H]4O[C@]2(/C(C)=C/[C@H]1C)[C@@H]3[C@H](O)[C@@H](C)[C@H]4OC(=O)c1cc(F)c[nH]1. The van der Waals surface area contributed by atoms with E-state index in [9.17, 15) is 24.2 Å². The second kappa shape index (κ2) is 9.92. The first kappa shape index (κ1) is 27.1. The molecule has 1 saturated carbocycles. The Hall–Kier alpha value is -2.49. The third-order valence-corrected chi connectivity index (χ3v) is 9.39. The van der Waals surface area contributed by atoms with Crippen LogP contribution in [0.1, 0.15) is 57.9 Å². The van der Waals surface area contributed by atoms with E-state index in [0.717, 1.165) is 17.8 Å². The highest BCUT2D eigenvalue weighted by Crippen LogP contribution is 2.62. The van der Waals surface area contributed by atoms with Crippen LogP contribution in [-0.4, -0.2) is 63.3 Å². The van der Waals surface area contributed by atoms with Gasteiger partial charge in [0.15, 0.2) is 0 Å². The Morgan fingerprint density at radius 1 is 1.29 bits per heavy atom. The Bertz CT molecular complexity index is 1150. The number of cyclic esters (lactones) is 1. The van der Waals surface area contributed by atoms with Crippen LogP contribution in [0.4, 0.5) is 4.39 Å². The molecule has 1 saturated heterocycles. The number of halogens is 1. The molecule has 8 nitrogen and oxygen atoms in total. The van der Waals surface area contributed by atoms with Gasteiger partial charge in [-0.15, -0.1) is 0 Å². The molecular formula is C29H38FNO7. The number of aromatic amines is 1. The van der Waals surface area contributed by atoms with Gasteiger partial charge in [-0.05, 0) is 25.3 Å². The molecule has 208 valence electrons. The van der Waals surface area contributed by atoms with Crippen LogP contribution in [0.2, 0.25) is 0 Å². The fraction of sp³-hybridized carbons (Fsp3) is 0.655. The number of nitrogens with one attached hydrogen (secondary N) is 1. The summed E-state index contributed by atoms with van der Waals surface area (Å²) in [6.45, 7) is 9.47. The summed E-state index contributed by atoms with van der Waals surface area (Å²) in [5, 5.41) is 22.4. The maximum atomic E-state index is 13.6. The van der Waals surface area contributed by atoms with E-state index in [1.165, 1.54) is 0 Å². The largest absolute Gasteiger partial charge is 0.459 e. The Kier molecular flexibility index (Phi) is 7.07. The van der Waals surface area contributed by atoms with Crippen LogP contribution in [-0.2, 0) is 19.0 Å². The molecule has 3 heterocycles. The second-order valence-electron chi connectivity index (χ2n) is 11.4. The van der Waals surface area contributed by atoms with Crippen LogP contribution in [0.25, 0.3) is 0 Å². The molecule has 2 fully saturated rings. The molecule has 2 aliphatic heterocycles. The van der Waals surface area contributed by atoms with Crippen molar-refractivity contribution in [3.8, 4) is 0 Å². The summed E-state index contributed by atoms with van der Waals surface area (Å²) in [5.41, 5.74) is -0.163. The Morgan fingerprint density at radius 2 is 2.03 bits per heavy atom. The predicted octanol–water partition coefficient (Wildman–Crippen LogP) is 3.55. The smallest absolute Gasteiger partial charge is 0.355 e. The van der Waals surface area contributed by atoms with Crippen LogP contribution in [0, 0.1) is 41.3 Å². The number of hydrogen-bond donors (Lipinski definition) is 3. The average molecular weight is 532 g/mol. The van der Waals surface area contributed by atoms with Gasteiger partial charge in [-0.3, -0.25) is 4.79 Å². The summed E-state index contributed by atoms with van der Waals surface area (Å²) in [4.78, 5) is 29.0. The molecule has 4 aliphatic rings. The molecule has 0 unspecified atom stereocenters. The first-order valence-electron chi connectivity index (χ1n) is 13.7. The summed E-state index contributed by atoms with van der Waals surface area (Å²) >= 11 is 0. The van der Waals surface area contributed by atoms with E-state index >= 15 is 0 Å². The molecule has 0 radical (unpaired) electrons. The van der Waals surface area contributed by atoms with Crippen molar-refractivity contribution in [2.24, 2.45) is 35.5 Å². The van der Waals surface area contributed by atoms with Gasteiger partial charge in [-0.1, -0.05) is 45.9 Å². The molecule has 0 aromatic carbocycles. The molecule has 5 rings (SSSR count). The number of aliphatic hydroxyl groups is 2. The first-order valence-corrected chi connectivity index (χ1v) is 13.7. The maximum Gasteiger partial charge on any atom is 0.355 e. The zero-order valence-electron chi connectivity index (χ0n) is 22.5. The van der Waals surface area contributed by atoms with Gasteiger partial charge in [-0.2, -0.15) is 0 Å². The lowest BCUT2D eigenvalue weighted by Gasteiger charge is -2.49. The van der Waals surface area contributed by atoms with Crippen molar-refractivity contribution in [3.63, 3.8) is 0 Å². The van der Waals surface area contributed by atoms with Crippen molar-refractivity contribution >= 4 is 11.9 Å². The monoisotopic (exact) mass is 531 g/mol. The van der Waals surface area contributed by atoms with Gasteiger partial charge in [0, 0.05) is 41.9 Å². The van der Waals surface area contributed by atoms with Gasteiger partial charge in [0.1, 0.15) is 35.4 Å². The Labute approximate surface area is 222 Å². The van der Waals surface area contributed by atoms with E-state index in [2.05, 4.69) is 4.98 Å². The molecule has 9 heteroatoms. The quantitative estimate of drug-likeness (QED) is 0.393. The van der Waals surface area contributed by atoms with Gasteiger partial charge in [-0.25, -0.2) is 9.18 Å². The number of hydrogen-bond acceptors (Lipinski definition) is 7. The van der Waals surface area contributed by atoms with Crippen molar-refractivity contribution in [3.05, 3.63) is 47.6 Å². The third kappa shape index (κ3) is 3.97. The Morgan fingerprint density at radius 3 is 2.66 bits per heavy atom. The minimum Gasteiger partial charge on any atom is -0.459 e. The standard InChI is InChI=1S/C29H38FNO7/c1-6-17-19-9-8-18-22-23(33)15(5)25(37-28(35)20-11-16(30)12-31-20)26(18)38-29(19,22)14(4)10-13(3)24(21(32)7-2)36-27(17)34/h8-13,15,17-19,21-26,31-33H,6-7H2,1-5H3/b14-10+/t13-,15-,17-,18-,19-,21-,22+,23-,24+,25-,26-,29+/m1/s1. The molecule has 1 aromatic rings. The van der Waals surface area contributed by atoms with Gasteiger partial charge >= 0.3 is 11.9 Å². The summed E-state index contributed by atoms with van der Waals surface area (Å²) in [6.07, 6.45) is 4.23. The van der Waals surface area contributed by atoms with Crippen molar-refractivity contribution in [2.45, 2.75) is 83.6 Å². The number of aromatic nitrogens is 1. The minimum atomic E-state index is -1.02. The molecular weight excluding hydrogens is 493 g/mol. The van der Waals surface area contributed by atoms with Gasteiger partial charge in [0.25, 0.3) is 0 Å². The summed E-state index contributed by atoms with van der Waals surface area (Å²) in [6, 6.07) is 1.07. The fourth-order valence-electron chi connectivity index (χ4n) is 7.46. The zero-order valence-corrected chi connectivity index (χ0v) is 22.5. The predicted molar refractivity (Wildman–Crippen MR) is 135 cm³/mol. The second-order valence-corrected chi connectivity index (χ2v) is 11.4. The molecule has 12 atom stereocenters. The van der Waals surface area contributed by atoms with Crippen LogP contribution in [0.3, 0.4) is 0 Å². The van der Waals surface area contributed by atoms with Crippen LogP contribution in [0.5, 0.6) is 0 Å². The van der Waals surface area contributed by atoms with Gasteiger partial charge < -0.3 is 29.4 Å². The normalized spacial score (nSPS) is 44.1. The van der Waals surface area contributed by atoms with E-state index in [4.69, 9.17) is 14.2 Å². The lowest BCUT2D eigenvalue weighted by atomic mass is 9.56.